The Morgan fingerprint density at radius 1 is 1.62 bits per heavy atom. The van der Waals surface area contributed by atoms with Gasteiger partial charge in [0.05, 0.1) is 5.92 Å². The Morgan fingerprint density at radius 3 is 3.06 bits per heavy atom. The van der Waals surface area contributed by atoms with Gasteiger partial charge in [-0.3, -0.25) is 4.79 Å². The zero-order valence-electron chi connectivity index (χ0n) is 9.56. The molecule has 2 unspecified atom stereocenters. The van der Waals surface area contributed by atoms with Gasteiger partial charge in [-0.2, -0.15) is 0 Å². The van der Waals surface area contributed by atoms with Gasteiger partial charge in [0.15, 0.2) is 0 Å². The number of hydrogen-bond donors (Lipinski definition) is 1. The summed E-state index contributed by atoms with van der Waals surface area (Å²) in [5.41, 5.74) is 2.41. The molecule has 1 aliphatic rings. The highest BCUT2D eigenvalue weighted by molar-refractivity contribution is 5.69. The van der Waals surface area contributed by atoms with Gasteiger partial charge in [-0.15, -0.1) is 0 Å². The maximum absolute atomic E-state index is 10.8. The third kappa shape index (κ3) is 2.18. The van der Waals surface area contributed by atoms with Crippen molar-refractivity contribution >= 4 is 5.97 Å². The Balaban J connectivity index is 2.03. The highest BCUT2D eigenvalue weighted by Gasteiger charge is 2.26. The second-order valence-electron chi connectivity index (χ2n) is 4.53. The van der Waals surface area contributed by atoms with Gasteiger partial charge in [-0.1, -0.05) is 24.6 Å². The molecule has 0 bridgehead atoms. The van der Waals surface area contributed by atoms with Crippen LogP contribution in [0.1, 0.15) is 24.5 Å². The number of aliphatic carboxylic acids is 1. The molecule has 16 heavy (non-hydrogen) atoms. The van der Waals surface area contributed by atoms with Crippen LogP contribution in [0.2, 0.25) is 0 Å². The molecule has 1 aliphatic heterocycles. The smallest absolute Gasteiger partial charge is 0.306 e. The first-order valence-corrected chi connectivity index (χ1v) is 5.55. The summed E-state index contributed by atoms with van der Waals surface area (Å²) < 4.78 is 5.72. The Labute approximate surface area is 95.0 Å². The van der Waals surface area contributed by atoms with Crippen LogP contribution in [0.4, 0.5) is 0 Å². The van der Waals surface area contributed by atoms with Crippen LogP contribution < -0.4 is 4.74 Å². The molecular weight excluding hydrogens is 204 g/mol. The van der Waals surface area contributed by atoms with Crippen LogP contribution in [0.5, 0.6) is 5.75 Å². The zero-order chi connectivity index (χ0) is 11.7. The fourth-order valence-electron chi connectivity index (χ4n) is 2.08. The molecular formula is C13H16O3. The van der Waals surface area contributed by atoms with Gasteiger partial charge in [0.2, 0.25) is 0 Å². The minimum Gasteiger partial charge on any atom is -0.490 e. The standard InChI is InChI=1S/C13H16O3/c1-8-3-4-12-10(5-8)7-11(16-12)6-9(2)13(14)15/h3-5,9,11H,6-7H2,1-2H3,(H,14,15). The molecule has 1 aromatic rings. The molecule has 0 aromatic heterocycles. The van der Waals surface area contributed by atoms with Crippen LogP contribution in [0.25, 0.3) is 0 Å². The summed E-state index contributed by atoms with van der Waals surface area (Å²) >= 11 is 0. The third-order valence-corrected chi connectivity index (χ3v) is 3.00. The van der Waals surface area contributed by atoms with E-state index in [-0.39, 0.29) is 12.0 Å². The Hall–Kier alpha value is -1.51. The number of carboxylic acids is 1. The van der Waals surface area contributed by atoms with Crippen LogP contribution >= 0.6 is 0 Å². The highest BCUT2D eigenvalue weighted by Crippen LogP contribution is 2.31. The van der Waals surface area contributed by atoms with Crippen LogP contribution in [0, 0.1) is 12.8 Å². The molecule has 2 atom stereocenters. The predicted molar refractivity (Wildman–Crippen MR) is 60.7 cm³/mol. The van der Waals surface area contributed by atoms with Gasteiger partial charge >= 0.3 is 5.97 Å². The average Bonchev–Trinajstić information content (AvgIpc) is 2.58. The summed E-state index contributed by atoms with van der Waals surface area (Å²) in [5.74, 6) is -0.190. The van der Waals surface area contributed by atoms with E-state index < -0.39 is 5.97 Å². The molecule has 0 spiro atoms. The van der Waals surface area contributed by atoms with E-state index in [1.54, 1.807) is 6.92 Å². The number of aryl methyl sites for hydroxylation is 1. The third-order valence-electron chi connectivity index (χ3n) is 3.00. The van der Waals surface area contributed by atoms with E-state index >= 15 is 0 Å². The van der Waals surface area contributed by atoms with Crippen molar-refractivity contribution in [3.05, 3.63) is 29.3 Å². The second-order valence-corrected chi connectivity index (χ2v) is 4.53. The lowest BCUT2D eigenvalue weighted by Gasteiger charge is -2.13. The zero-order valence-corrected chi connectivity index (χ0v) is 9.56. The minimum absolute atomic E-state index is 0.0166. The molecule has 0 radical (unpaired) electrons. The van der Waals surface area contributed by atoms with E-state index in [1.165, 1.54) is 11.1 Å². The monoisotopic (exact) mass is 220 g/mol. The number of ether oxygens (including phenoxy) is 1. The van der Waals surface area contributed by atoms with Crippen molar-refractivity contribution in [3.63, 3.8) is 0 Å². The summed E-state index contributed by atoms with van der Waals surface area (Å²) in [4.78, 5) is 10.8. The summed E-state index contributed by atoms with van der Waals surface area (Å²) in [5, 5.41) is 8.85. The topological polar surface area (TPSA) is 46.5 Å². The van der Waals surface area contributed by atoms with Crippen molar-refractivity contribution in [1.29, 1.82) is 0 Å². The van der Waals surface area contributed by atoms with Gasteiger partial charge < -0.3 is 9.84 Å². The molecule has 0 saturated heterocycles. The van der Waals surface area contributed by atoms with Crippen molar-refractivity contribution < 1.29 is 14.6 Å². The van der Waals surface area contributed by atoms with E-state index in [1.807, 2.05) is 19.1 Å². The fourth-order valence-corrected chi connectivity index (χ4v) is 2.08. The first-order chi connectivity index (χ1) is 7.56. The highest BCUT2D eigenvalue weighted by atomic mass is 16.5. The molecule has 0 amide bonds. The van der Waals surface area contributed by atoms with Crippen LogP contribution in [-0.2, 0) is 11.2 Å². The predicted octanol–water partition coefficient (Wildman–Crippen LogP) is 2.41. The SMILES string of the molecule is Cc1ccc2c(c1)CC(CC(C)C(=O)O)O2. The average molecular weight is 220 g/mol. The molecule has 2 rings (SSSR count). The maximum Gasteiger partial charge on any atom is 0.306 e. The van der Waals surface area contributed by atoms with Crippen LogP contribution in [0.3, 0.4) is 0 Å². The van der Waals surface area contributed by atoms with E-state index in [0.717, 1.165) is 12.2 Å². The van der Waals surface area contributed by atoms with Crippen molar-refractivity contribution in [2.24, 2.45) is 5.92 Å². The molecule has 3 heteroatoms. The molecule has 86 valence electrons. The molecule has 0 saturated carbocycles. The first kappa shape index (κ1) is 11.0. The minimum atomic E-state index is -0.754. The number of fused-ring (bicyclic) bond motifs is 1. The number of carbonyl (C=O) groups is 1. The summed E-state index contributed by atoms with van der Waals surface area (Å²) in [6.07, 6.45) is 1.42. The van der Waals surface area contributed by atoms with Gasteiger partial charge in [-0.05, 0) is 25.0 Å². The summed E-state index contributed by atoms with van der Waals surface area (Å²) in [6.45, 7) is 3.77. The fraction of sp³-hybridized carbons (Fsp3) is 0.462. The second kappa shape index (κ2) is 4.16. The van der Waals surface area contributed by atoms with Crippen LogP contribution in [-0.4, -0.2) is 17.2 Å². The lowest BCUT2D eigenvalue weighted by Crippen LogP contribution is -2.21. The largest absolute Gasteiger partial charge is 0.490 e. The van der Waals surface area contributed by atoms with Crippen LogP contribution in [0.15, 0.2) is 18.2 Å². The molecule has 1 N–H and O–H groups in total. The Morgan fingerprint density at radius 2 is 2.38 bits per heavy atom. The molecule has 3 nitrogen and oxygen atoms in total. The quantitative estimate of drug-likeness (QED) is 0.850. The molecule has 0 aliphatic carbocycles. The maximum atomic E-state index is 10.8. The number of rotatable bonds is 3. The van der Waals surface area contributed by atoms with Gasteiger partial charge in [0, 0.05) is 6.42 Å². The number of carboxylic acid groups (broad SMARTS) is 1. The van der Waals surface area contributed by atoms with E-state index in [9.17, 15) is 4.79 Å². The summed E-state index contributed by atoms with van der Waals surface area (Å²) in [6, 6.07) is 6.10. The van der Waals surface area contributed by atoms with Crippen molar-refractivity contribution in [2.45, 2.75) is 32.8 Å². The normalized spacial score (nSPS) is 20.0. The van der Waals surface area contributed by atoms with Gasteiger partial charge in [0.1, 0.15) is 11.9 Å². The van der Waals surface area contributed by atoms with Gasteiger partial charge in [-0.25, -0.2) is 0 Å². The Bertz CT molecular complexity index is 412. The lowest BCUT2D eigenvalue weighted by molar-refractivity contribution is -0.141. The summed E-state index contributed by atoms with van der Waals surface area (Å²) in [7, 11) is 0. The van der Waals surface area contributed by atoms with Crippen molar-refractivity contribution in [1.82, 2.24) is 0 Å². The number of hydrogen-bond acceptors (Lipinski definition) is 2. The van der Waals surface area contributed by atoms with Crippen molar-refractivity contribution in [3.8, 4) is 5.75 Å². The van der Waals surface area contributed by atoms with Gasteiger partial charge in [0.25, 0.3) is 0 Å². The van der Waals surface area contributed by atoms with E-state index in [4.69, 9.17) is 9.84 Å². The van der Waals surface area contributed by atoms with E-state index in [0.29, 0.717) is 6.42 Å². The molecule has 1 aromatic carbocycles. The lowest BCUT2D eigenvalue weighted by atomic mass is 10.00. The molecule has 0 fully saturated rings. The van der Waals surface area contributed by atoms with Crippen molar-refractivity contribution in [2.75, 3.05) is 0 Å². The first-order valence-electron chi connectivity index (χ1n) is 5.55. The number of benzene rings is 1. The van der Waals surface area contributed by atoms with E-state index in [2.05, 4.69) is 6.07 Å². The molecule has 1 heterocycles. The Kier molecular flexibility index (Phi) is 2.86.